The predicted molar refractivity (Wildman–Crippen MR) is 138 cm³/mol. The molecule has 0 saturated carbocycles. The number of carbonyl (C=O) groups is 1. The third kappa shape index (κ3) is 6.67. The number of amides is 1. The Labute approximate surface area is 201 Å². The lowest BCUT2D eigenvalue weighted by Crippen LogP contribution is -2.36. The van der Waals surface area contributed by atoms with Crippen molar-refractivity contribution in [3.8, 4) is 5.75 Å². The first-order valence-corrected chi connectivity index (χ1v) is 11.8. The minimum absolute atomic E-state index is 0. The van der Waals surface area contributed by atoms with Gasteiger partial charge in [0.15, 0.2) is 5.13 Å². The molecule has 0 N–H and O–H groups in total. The second kappa shape index (κ2) is 12.2. The molecule has 0 aliphatic rings. The van der Waals surface area contributed by atoms with E-state index in [1.54, 1.807) is 16.2 Å². The molecular weight excluding hydrogens is 442 g/mol. The highest BCUT2D eigenvalue weighted by Crippen LogP contribution is 2.32. The molecule has 1 amide bonds. The Morgan fingerprint density at radius 2 is 1.88 bits per heavy atom. The summed E-state index contributed by atoms with van der Waals surface area (Å²) in [6.07, 6.45) is 3.32. The van der Waals surface area contributed by atoms with Crippen LogP contribution in [-0.4, -0.2) is 49.6 Å². The summed E-state index contributed by atoms with van der Waals surface area (Å²) in [4.78, 5) is 22.3. The van der Waals surface area contributed by atoms with E-state index >= 15 is 0 Å². The molecule has 0 saturated heterocycles. The predicted octanol–water partition coefficient (Wildman–Crippen LogP) is 6.11. The van der Waals surface area contributed by atoms with E-state index in [1.807, 2.05) is 38.4 Å². The van der Waals surface area contributed by atoms with Crippen LogP contribution in [0.4, 0.5) is 5.13 Å². The van der Waals surface area contributed by atoms with Gasteiger partial charge in [0.2, 0.25) is 0 Å². The lowest BCUT2D eigenvalue weighted by Gasteiger charge is -2.22. The largest absolute Gasteiger partial charge is 0.494 e. The minimum Gasteiger partial charge on any atom is -0.494 e. The maximum Gasteiger partial charge on any atom is 0.260 e. The average Bonchev–Trinajstić information content (AvgIpc) is 3.15. The Hall–Kier alpha value is -2.15. The van der Waals surface area contributed by atoms with Crippen molar-refractivity contribution < 1.29 is 9.53 Å². The number of hydrogen-bond donors (Lipinski definition) is 0. The summed E-state index contributed by atoms with van der Waals surface area (Å²) in [5, 5.41) is 0.741. The first-order valence-electron chi connectivity index (χ1n) is 11.0. The molecule has 0 atom stereocenters. The number of rotatable bonds is 10. The number of anilines is 1. The number of ether oxygens (including phenoxy) is 1. The number of benzene rings is 2. The number of thiazole rings is 1. The Morgan fingerprint density at radius 1 is 1.09 bits per heavy atom. The number of halogens is 1. The highest BCUT2D eigenvalue weighted by atomic mass is 35.5. The molecule has 3 aromatic rings. The van der Waals surface area contributed by atoms with E-state index in [0.717, 1.165) is 52.5 Å². The zero-order valence-corrected chi connectivity index (χ0v) is 21.3. The van der Waals surface area contributed by atoms with Crippen LogP contribution in [0.5, 0.6) is 5.75 Å². The van der Waals surface area contributed by atoms with Gasteiger partial charge in [-0.3, -0.25) is 9.69 Å². The number of carbonyl (C=O) groups excluding carboxylic acids is 1. The van der Waals surface area contributed by atoms with Crippen LogP contribution in [0.2, 0.25) is 0 Å². The highest BCUT2D eigenvalue weighted by Gasteiger charge is 2.22. The van der Waals surface area contributed by atoms with Crippen LogP contribution >= 0.6 is 23.7 Å². The van der Waals surface area contributed by atoms with E-state index in [1.165, 1.54) is 5.56 Å². The minimum atomic E-state index is -0.0470. The molecule has 0 unspecified atom stereocenters. The van der Waals surface area contributed by atoms with Crippen LogP contribution in [0.1, 0.15) is 47.7 Å². The van der Waals surface area contributed by atoms with Crippen LogP contribution < -0.4 is 9.64 Å². The number of likely N-dealkylation sites (N-methyl/N-ethyl adjacent to an activating group) is 1. The number of aromatic nitrogens is 1. The summed E-state index contributed by atoms with van der Waals surface area (Å²) >= 11 is 1.58. The number of hydrogen-bond acceptors (Lipinski definition) is 5. The number of aryl methyl sites for hydroxylation is 2. The van der Waals surface area contributed by atoms with E-state index in [9.17, 15) is 4.79 Å². The normalized spacial score (nSPS) is 10.9. The van der Waals surface area contributed by atoms with E-state index < -0.39 is 0 Å². The van der Waals surface area contributed by atoms with Crippen molar-refractivity contribution in [2.45, 2.75) is 40.0 Å². The molecule has 32 heavy (non-hydrogen) atoms. The van der Waals surface area contributed by atoms with Gasteiger partial charge in [0.05, 0.1) is 16.8 Å². The third-order valence-corrected chi connectivity index (χ3v) is 6.19. The SMILES string of the molecule is CCCCCOc1cccc(C(=O)N(CCN(C)C)c2nc3c(C)cc(C)cc3s2)c1.Cl. The van der Waals surface area contributed by atoms with Crippen molar-refractivity contribution >= 4 is 45.0 Å². The fourth-order valence-corrected chi connectivity index (χ4v) is 4.64. The van der Waals surface area contributed by atoms with Gasteiger partial charge in [0.1, 0.15) is 5.75 Å². The average molecular weight is 476 g/mol. The fourth-order valence-electron chi connectivity index (χ4n) is 3.48. The summed E-state index contributed by atoms with van der Waals surface area (Å²) < 4.78 is 6.98. The number of unbranched alkanes of at least 4 members (excludes halogenated alkanes) is 2. The molecule has 0 fully saturated rings. The highest BCUT2D eigenvalue weighted by molar-refractivity contribution is 7.22. The van der Waals surface area contributed by atoms with Crippen molar-refractivity contribution in [3.05, 3.63) is 53.1 Å². The van der Waals surface area contributed by atoms with Gasteiger partial charge < -0.3 is 9.64 Å². The van der Waals surface area contributed by atoms with Crippen LogP contribution in [0.25, 0.3) is 10.2 Å². The molecule has 0 aliphatic heterocycles. The number of nitrogens with zero attached hydrogens (tertiary/aromatic N) is 3. The molecule has 174 valence electrons. The van der Waals surface area contributed by atoms with Crippen LogP contribution in [0, 0.1) is 13.8 Å². The van der Waals surface area contributed by atoms with Crippen molar-refractivity contribution in [2.24, 2.45) is 0 Å². The quantitative estimate of drug-likeness (QED) is 0.332. The summed E-state index contributed by atoms with van der Waals surface area (Å²) in [5.74, 6) is 0.694. The summed E-state index contributed by atoms with van der Waals surface area (Å²) in [5.41, 5.74) is 3.94. The topological polar surface area (TPSA) is 45.7 Å². The van der Waals surface area contributed by atoms with Gasteiger partial charge in [-0.25, -0.2) is 4.98 Å². The first-order chi connectivity index (χ1) is 14.9. The van der Waals surface area contributed by atoms with E-state index in [4.69, 9.17) is 9.72 Å². The maximum atomic E-state index is 13.5. The Balaban J connectivity index is 0.00000363. The second-order valence-electron chi connectivity index (χ2n) is 8.27. The monoisotopic (exact) mass is 475 g/mol. The molecule has 1 heterocycles. The van der Waals surface area contributed by atoms with Crippen molar-refractivity contribution in [1.29, 1.82) is 0 Å². The van der Waals surface area contributed by atoms with Crippen LogP contribution in [0.3, 0.4) is 0 Å². The molecule has 0 spiro atoms. The summed E-state index contributed by atoms with van der Waals surface area (Å²) in [6, 6.07) is 11.8. The fraction of sp³-hybridized carbons (Fsp3) is 0.440. The van der Waals surface area contributed by atoms with Crippen molar-refractivity contribution in [3.63, 3.8) is 0 Å². The van der Waals surface area contributed by atoms with Gasteiger partial charge in [-0.2, -0.15) is 0 Å². The first kappa shape index (κ1) is 26.1. The molecular formula is C25H34ClN3O2S. The lowest BCUT2D eigenvalue weighted by atomic mass is 10.1. The molecule has 7 heteroatoms. The van der Waals surface area contributed by atoms with Gasteiger partial charge in [0.25, 0.3) is 5.91 Å². The lowest BCUT2D eigenvalue weighted by molar-refractivity contribution is 0.0984. The smallest absolute Gasteiger partial charge is 0.260 e. The van der Waals surface area contributed by atoms with Crippen molar-refractivity contribution in [1.82, 2.24) is 9.88 Å². The van der Waals surface area contributed by atoms with Crippen LogP contribution in [0.15, 0.2) is 36.4 Å². The summed E-state index contributed by atoms with van der Waals surface area (Å²) in [6.45, 7) is 8.34. The molecule has 5 nitrogen and oxygen atoms in total. The zero-order valence-electron chi connectivity index (χ0n) is 19.7. The van der Waals surface area contributed by atoms with E-state index in [0.29, 0.717) is 18.7 Å². The van der Waals surface area contributed by atoms with Gasteiger partial charge in [-0.1, -0.05) is 43.2 Å². The van der Waals surface area contributed by atoms with Crippen molar-refractivity contribution in [2.75, 3.05) is 38.7 Å². The van der Waals surface area contributed by atoms with Gasteiger partial charge in [0, 0.05) is 18.7 Å². The molecule has 3 rings (SSSR count). The Morgan fingerprint density at radius 3 is 2.59 bits per heavy atom. The molecule has 0 aliphatic carbocycles. The van der Waals surface area contributed by atoms with Gasteiger partial charge >= 0.3 is 0 Å². The second-order valence-corrected chi connectivity index (χ2v) is 9.28. The molecule has 1 aromatic heterocycles. The Kier molecular flexibility index (Phi) is 9.94. The molecule has 0 radical (unpaired) electrons. The van der Waals surface area contributed by atoms with E-state index in [-0.39, 0.29) is 18.3 Å². The number of fused-ring (bicyclic) bond motifs is 1. The third-order valence-electron chi connectivity index (χ3n) is 5.16. The van der Waals surface area contributed by atoms with Gasteiger partial charge in [-0.05, 0) is 69.8 Å². The van der Waals surface area contributed by atoms with Gasteiger partial charge in [-0.15, -0.1) is 12.4 Å². The Bertz CT molecular complexity index is 1040. The molecule has 2 aromatic carbocycles. The summed E-state index contributed by atoms with van der Waals surface area (Å²) in [7, 11) is 4.03. The maximum absolute atomic E-state index is 13.5. The van der Waals surface area contributed by atoms with Crippen LogP contribution in [-0.2, 0) is 0 Å². The zero-order chi connectivity index (χ0) is 22.4. The van der Waals surface area contributed by atoms with E-state index in [2.05, 4.69) is 37.8 Å². The standard InChI is InChI=1S/C25H33N3O2S.ClH/c1-6-7-8-14-30-21-11-9-10-20(17-21)24(29)28(13-12-27(4)5)25-26-23-19(3)15-18(2)16-22(23)31-25;/h9-11,15-17H,6-8,12-14H2,1-5H3;1H. The molecule has 0 bridgehead atoms.